The van der Waals surface area contributed by atoms with Gasteiger partial charge in [0.1, 0.15) is 6.10 Å². The van der Waals surface area contributed by atoms with Crippen LogP contribution in [0, 0.1) is 12.3 Å². The van der Waals surface area contributed by atoms with Gasteiger partial charge in [-0.2, -0.15) is 0 Å². The number of halogens is 1. The molecule has 4 heteroatoms. The van der Waals surface area contributed by atoms with E-state index in [-0.39, 0.29) is 28.7 Å². The van der Waals surface area contributed by atoms with Crippen molar-refractivity contribution >= 4 is 19.9 Å². The summed E-state index contributed by atoms with van der Waals surface area (Å²) in [6, 6.07) is 0. The van der Waals surface area contributed by atoms with Gasteiger partial charge in [0.15, 0.2) is 8.32 Å². The maximum absolute atomic E-state index is 6.64. The molecule has 0 aromatic carbocycles. The summed E-state index contributed by atoms with van der Waals surface area (Å²) < 4.78 is 12.9. The van der Waals surface area contributed by atoms with Crippen molar-refractivity contribution in [2.24, 2.45) is 0 Å². The number of ether oxygens (including phenoxy) is 1. The maximum atomic E-state index is 6.64. The van der Waals surface area contributed by atoms with E-state index in [4.69, 9.17) is 27.2 Å². The highest BCUT2D eigenvalue weighted by molar-refractivity contribution is 6.74. The first-order chi connectivity index (χ1) is 11.6. The van der Waals surface area contributed by atoms with Gasteiger partial charge >= 0.3 is 0 Å². The zero-order valence-corrected chi connectivity index (χ0v) is 18.2. The van der Waals surface area contributed by atoms with Crippen molar-refractivity contribution in [2.45, 2.75) is 82.4 Å². The average Bonchev–Trinajstić information content (AvgIpc) is 2.89. The van der Waals surface area contributed by atoms with Crippen molar-refractivity contribution in [2.75, 3.05) is 0 Å². The summed E-state index contributed by atoms with van der Waals surface area (Å²) in [4.78, 5) is 0. The lowest BCUT2D eigenvalue weighted by Crippen LogP contribution is -2.45. The summed E-state index contributed by atoms with van der Waals surface area (Å²) in [7, 11) is -1.87. The second-order valence-electron chi connectivity index (χ2n) is 8.02. The third-order valence-corrected chi connectivity index (χ3v) is 9.96. The van der Waals surface area contributed by atoms with Gasteiger partial charge in [0.05, 0.1) is 17.6 Å². The molecular formula is C21H33ClO2Si. The van der Waals surface area contributed by atoms with Crippen LogP contribution in [0.3, 0.4) is 0 Å². The van der Waals surface area contributed by atoms with E-state index in [9.17, 15) is 0 Å². The number of hydrogen-bond donors (Lipinski definition) is 0. The standard InChI is InChI=1S/C21H33ClO2Si/c1-8-10-12-14-17(22)19-16-20(18(23-19)15-13-11-9-2)24-25(6,7)21(3,4)5/h1,9-13,15,17-20H,14,16H2,2-7H3/b11-9+,12-10-,15-13-/t17-,18-,19+,20+/m1/s1. The van der Waals surface area contributed by atoms with E-state index < -0.39 is 8.32 Å². The molecule has 0 unspecified atom stereocenters. The van der Waals surface area contributed by atoms with Gasteiger partial charge < -0.3 is 9.16 Å². The van der Waals surface area contributed by atoms with Crippen molar-refractivity contribution in [1.29, 1.82) is 0 Å². The number of terminal acetylenes is 1. The summed E-state index contributed by atoms with van der Waals surface area (Å²) in [5, 5.41) is 0.0636. The van der Waals surface area contributed by atoms with Crippen LogP contribution in [0.4, 0.5) is 0 Å². The van der Waals surface area contributed by atoms with Crippen molar-refractivity contribution in [1.82, 2.24) is 0 Å². The summed E-state index contributed by atoms with van der Waals surface area (Å²) in [5.41, 5.74) is 0. The molecule has 0 aromatic rings. The summed E-state index contributed by atoms with van der Waals surface area (Å²) in [6.45, 7) is 13.3. The summed E-state index contributed by atoms with van der Waals surface area (Å²) >= 11 is 6.55. The molecule has 0 spiro atoms. The quantitative estimate of drug-likeness (QED) is 0.238. The number of alkyl halides is 1. The third-order valence-electron chi connectivity index (χ3n) is 5.00. The molecule has 0 aliphatic carbocycles. The zero-order chi connectivity index (χ0) is 19.1. The Kier molecular flexibility index (Phi) is 8.70. The van der Waals surface area contributed by atoms with Crippen LogP contribution >= 0.6 is 11.6 Å². The van der Waals surface area contributed by atoms with E-state index >= 15 is 0 Å². The molecule has 0 N–H and O–H groups in total. The van der Waals surface area contributed by atoms with Crippen molar-refractivity contribution in [3.8, 4) is 12.3 Å². The molecule has 2 nitrogen and oxygen atoms in total. The topological polar surface area (TPSA) is 18.5 Å². The molecule has 1 rings (SSSR count). The Morgan fingerprint density at radius 3 is 2.60 bits per heavy atom. The Bertz CT molecular complexity index is 537. The molecule has 1 saturated heterocycles. The molecular weight excluding hydrogens is 348 g/mol. The van der Waals surface area contributed by atoms with E-state index in [1.807, 2.05) is 31.2 Å². The zero-order valence-electron chi connectivity index (χ0n) is 16.5. The molecule has 1 fully saturated rings. The molecule has 0 bridgehead atoms. The molecule has 1 heterocycles. The molecule has 25 heavy (non-hydrogen) atoms. The van der Waals surface area contributed by atoms with Crippen molar-refractivity contribution < 1.29 is 9.16 Å². The fourth-order valence-corrected chi connectivity index (χ4v) is 4.09. The van der Waals surface area contributed by atoms with Gasteiger partial charge in [-0.15, -0.1) is 18.0 Å². The van der Waals surface area contributed by atoms with Crippen LogP contribution in [0.15, 0.2) is 36.5 Å². The SMILES string of the molecule is C#C/C=C\C[C@@H](Cl)[C@@H]1C[C@H](O[Si](C)(C)C(C)(C)C)[C@@H](/C=C\C=C\C)O1. The Labute approximate surface area is 160 Å². The lowest BCUT2D eigenvalue weighted by molar-refractivity contribution is 0.0417. The Balaban J connectivity index is 2.87. The Morgan fingerprint density at radius 2 is 2.04 bits per heavy atom. The van der Waals surface area contributed by atoms with E-state index in [0.717, 1.165) is 6.42 Å². The average molecular weight is 381 g/mol. The lowest BCUT2D eigenvalue weighted by Gasteiger charge is -2.39. The minimum Gasteiger partial charge on any atom is -0.411 e. The van der Waals surface area contributed by atoms with Gasteiger partial charge in [-0.05, 0) is 37.6 Å². The van der Waals surface area contributed by atoms with Gasteiger partial charge in [0, 0.05) is 6.42 Å². The molecule has 0 aromatic heterocycles. The number of allylic oxidation sites excluding steroid dienone is 5. The molecule has 140 valence electrons. The normalized spacial score (nSPS) is 26.7. The molecule has 0 saturated carbocycles. The van der Waals surface area contributed by atoms with Crippen LogP contribution in [0.2, 0.25) is 18.1 Å². The lowest BCUT2D eigenvalue weighted by atomic mass is 10.1. The molecule has 1 aliphatic heterocycles. The molecule has 4 atom stereocenters. The van der Waals surface area contributed by atoms with Gasteiger partial charge in [-0.3, -0.25) is 0 Å². The van der Waals surface area contributed by atoms with Crippen molar-refractivity contribution in [3.05, 3.63) is 36.5 Å². The fourth-order valence-electron chi connectivity index (χ4n) is 2.48. The van der Waals surface area contributed by atoms with Crippen molar-refractivity contribution in [3.63, 3.8) is 0 Å². The number of rotatable bonds is 7. The van der Waals surface area contributed by atoms with Crippen LogP contribution in [-0.2, 0) is 9.16 Å². The predicted molar refractivity (Wildman–Crippen MR) is 112 cm³/mol. The minimum absolute atomic E-state index is 0.0286. The highest BCUT2D eigenvalue weighted by Crippen LogP contribution is 2.40. The Hall–Kier alpha value is -0.793. The summed E-state index contributed by atoms with van der Waals surface area (Å²) in [6.07, 6.45) is 18.5. The molecule has 0 amide bonds. The van der Waals surface area contributed by atoms with E-state index in [1.54, 1.807) is 6.08 Å². The van der Waals surface area contributed by atoms with Gasteiger partial charge in [0.2, 0.25) is 0 Å². The fraction of sp³-hybridized carbons (Fsp3) is 0.619. The largest absolute Gasteiger partial charge is 0.411 e. The maximum Gasteiger partial charge on any atom is 0.192 e. The van der Waals surface area contributed by atoms with Crippen LogP contribution < -0.4 is 0 Å². The van der Waals surface area contributed by atoms with Crippen LogP contribution in [-0.4, -0.2) is 32.0 Å². The van der Waals surface area contributed by atoms with Crippen LogP contribution in [0.25, 0.3) is 0 Å². The van der Waals surface area contributed by atoms with E-state index in [0.29, 0.717) is 6.42 Å². The molecule has 1 aliphatic rings. The van der Waals surface area contributed by atoms with Crippen LogP contribution in [0.5, 0.6) is 0 Å². The Morgan fingerprint density at radius 1 is 1.36 bits per heavy atom. The third kappa shape index (κ3) is 6.79. The second-order valence-corrected chi connectivity index (χ2v) is 13.3. The van der Waals surface area contributed by atoms with E-state index in [1.165, 1.54) is 0 Å². The van der Waals surface area contributed by atoms with Crippen LogP contribution in [0.1, 0.15) is 40.5 Å². The first-order valence-corrected chi connectivity index (χ1v) is 12.3. The highest BCUT2D eigenvalue weighted by Gasteiger charge is 2.45. The number of hydrogen-bond acceptors (Lipinski definition) is 2. The minimum atomic E-state index is -1.87. The molecule has 0 radical (unpaired) electrons. The highest BCUT2D eigenvalue weighted by atomic mass is 35.5. The predicted octanol–water partition coefficient (Wildman–Crippen LogP) is 5.85. The van der Waals surface area contributed by atoms with Gasteiger partial charge in [0.25, 0.3) is 0 Å². The van der Waals surface area contributed by atoms with Gasteiger partial charge in [-0.25, -0.2) is 0 Å². The van der Waals surface area contributed by atoms with E-state index in [2.05, 4.69) is 45.9 Å². The monoisotopic (exact) mass is 380 g/mol. The smallest absolute Gasteiger partial charge is 0.192 e. The van der Waals surface area contributed by atoms with Gasteiger partial charge in [-0.1, -0.05) is 57.1 Å². The first kappa shape index (κ1) is 22.2. The first-order valence-electron chi connectivity index (χ1n) is 9.00. The second kappa shape index (κ2) is 9.78. The summed E-state index contributed by atoms with van der Waals surface area (Å²) in [5.74, 6) is 2.50.